The number of fused-ring (bicyclic) bond motifs is 7. The molecule has 0 spiro atoms. The Morgan fingerprint density at radius 1 is 0.899 bits per heavy atom. The molecule has 4 heterocycles. The summed E-state index contributed by atoms with van der Waals surface area (Å²) in [5, 5.41) is 67.2. The summed E-state index contributed by atoms with van der Waals surface area (Å²) in [5.41, 5.74) is 0.315. The fourth-order valence-corrected chi connectivity index (χ4v) is 12.1. The van der Waals surface area contributed by atoms with Crippen LogP contribution in [0.15, 0.2) is 100 Å². The molecule has 1 saturated heterocycles. The zero-order valence-electron chi connectivity index (χ0n) is 46.2. The van der Waals surface area contributed by atoms with Crippen LogP contribution in [0.5, 0.6) is 23.0 Å². The first-order chi connectivity index (χ1) is 37.6. The number of benzene rings is 3. The van der Waals surface area contributed by atoms with Crippen LogP contribution in [0.2, 0.25) is 0 Å². The Morgan fingerprint density at radius 2 is 1.59 bits per heavy atom. The molecule has 17 heteroatoms. The van der Waals surface area contributed by atoms with Crippen LogP contribution in [0.3, 0.4) is 0 Å². The van der Waals surface area contributed by atoms with E-state index in [1.165, 1.54) is 30.3 Å². The van der Waals surface area contributed by atoms with Gasteiger partial charge in [0.05, 0.1) is 47.2 Å². The van der Waals surface area contributed by atoms with Crippen LogP contribution in [-0.2, 0) is 20.7 Å². The Bertz CT molecular complexity index is 3140. The number of amides is 1. The van der Waals surface area contributed by atoms with Gasteiger partial charge in [-0.25, -0.2) is 4.79 Å². The van der Waals surface area contributed by atoms with E-state index in [9.17, 15) is 45.0 Å². The Labute approximate surface area is 460 Å². The number of Topliss-reactive ketones (excluding diaryl/α,β-unsaturated/α-hetero) is 2. The predicted molar refractivity (Wildman–Crippen MR) is 294 cm³/mol. The molecule has 7 unspecified atom stereocenters. The van der Waals surface area contributed by atoms with E-state index in [0.717, 1.165) is 11.1 Å². The third kappa shape index (κ3) is 9.80. The molecule has 420 valence electrons. The molecule has 7 N–H and O–H groups in total. The number of nitrogens with one attached hydrogen (secondary N) is 1. The SMILES string of the molecule is CCC(C)C12Oc3c(CC=C(C)C)c4c(c(OC(=O)c5ccc(O[C@@H]6O[C@H](CO)[C@@H](O)[C@H](O)[C@H]6O)cc5)c3C3=C1C(C(C)C(=O)C2(O)C/C=C(/C)C(=O)NCCO)C1C(=O)c2ccccc2C1=N3)C=CC(C)(CCC=C(C)C)O4. The number of ketones is 2. The van der Waals surface area contributed by atoms with E-state index in [0.29, 0.717) is 58.6 Å². The lowest BCUT2D eigenvalue weighted by Crippen LogP contribution is -2.74. The summed E-state index contributed by atoms with van der Waals surface area (Å²) >= 11 is 0. The van der Waals surface area contributed by atoms with Crippen molar-refractivity contribution in [1.82, 2.24) is 5.32 Å². The van der Waals surface area contributed by atoms with Crippen LogP contribution < -0.4 is 24.3 Å². The van der Waals surface area contributed by atoms with E-state index in [1.807, 2.05) is 78.8 Å². The number of aliphatic hydroxyl groups is 6. The maximum Gasteiger partial charge on any atom is 0.343 e. The number of hydrogen-bond acceptors (Lipinski definition) is 16. The molecule has 2 fully saturated rings. The maximum atomic E-state index is 15.8. The highest BCUT2D eigenvalue weighted by Gasteiger charge is 2.72. The van der Waals surface area contributed by atoms with E-state index in [2.05, 4.69) is 11.4 Å². The molecule has 2 aliphatic carbocycles. The fourth-order valence-electron chi connectivity index (χ4n) is 12.1. The fraction of sp³-hybridized carbons (Fsp3) is 0.468. The lowest BCUT2D eigenvalue weighted by atomic mass is 9.50. The van der Waals surface area contributed by atoms with E-state index in [-0.39, 0.29) is 71.4 Å². The molecule has 3 aromatic carbocycles. The number of ether oxygens (including phenoxy) is 5. The van der Waals surface area contributed by atoms with Gasteiger partial charge >= 0.3 is 5.97 Å². The molecule has 79 heavy (non-hydrogen) atoms. The molecule has 9 rings (SSSR count). The molecule has 1 saturated carbocycles. The Kier molecular flexibility index (Phi) is 16.0. The van der Waals surface area contributed by atoms with Crippen LogP contribution in [-0.4, -0.2) is 127 Å². The molecular formula is C62H72N2O15. The quantitative estimate of drug-likeness (QED) is 0.0320. The highest BCUT2D eigenvalue weighted by Crippen LogP contribution is 2.66. The number of rotatable bonds is 17. The van der Waals surface area contributed by atoms with Crippen molar-refractivity contribution >= 4 is 40.9 Å². The van der Waals surface area contributed by atoms with E-state index in [4.69, 9.17) is 28.7 Å². The second kappa shape index (κ2) is 22.2. The molecule has 4 aliphatic heterocycles. The number of carbonyl (C=O) groups excluding carboxylic acids is 4. The highest BCUT2D eigenvalue weighted by molar-refractivity contribution is 6.30. The van der Waals surface area contributed by atoms with Crippen molar-refractivity contribution in [2.24, 2.45) is 28.7 Å². The first-order valence-electron chi connectivity index (χ1n) is 27.2. The average molecular weight is 1090 g/mol. The number of aliphatic imine (C=N–C) groups is 1. The largest absolute Gasteiger partial charge is 0.482 e. The van der Waals surface area contributed by atoms with Crippen molar-refractivity contribution in [3.63, 3.8) is 0 Å². The summed E-state index contributed by atoms with van der Waals surface area (Å²) in [7, 11) is 0. The monoisotopic (exact) mass is 1080 g/mol. The Balaban J connectivity index is 1.30. The minimum Gasteiger partial charge on any atom is -0.482 e. The van der Waals surface area contributed by atoms with Crippen molar-refractivity contribution in [3.8, 4) is 23.0 Å². The lowest BCUT2D eigenvalue weighted by molar-refractivity contribution is -0.277. The number of esters is 1. The van der Waals surface area contributed by atoms with Crippen molar-refractivity contribution in [2.75, 3.05) is 19.8 Å². The third-order valence-electron chi connectivity index (χ3n) is 16.6. The van der Waals surface area contributed by atoms with Gasteiger partial charge in [-0.3, -0.25) is 19.4 Å². The van der Waals surface area contributed by atoms with Crippen molar-refractivity contribution in [3.05, 3.63) is 129 Å². The topological polar surface area (TPSA) is 260 Å². The summed E-state index contributed by atoms with van der Waals surface area (Å²) in [5.74, 6) is -5.15. The summed E-state index contributed by atoms with van der Waals surface area (Å²) in [6.45, 7) is 16.0. The minimum atomic E-state index is -2.41. The number of allylic oxidation sites excluding steroid dienone is 4. The molecule has 0 aromatic heterocycles. The van der Waals surface area contributed by atoms with Crippen LogP contribution in [0.25, 0.3) is 11.8 Å². The van der Waals surface area contributed by atoms with Gasteiger partial charge in [0.2, 0.25) is 12.2 Å². The predicted octanol–water partition coefficient (Wildman–Crippen LogP) is 6.72. The summed E-state index contributed by atoms with van der Waals surface area (Å²) in [6.07, 6.45) is 3.20. The van der Waals surface area contributed by atoms with Crippen LogP contribution >= 0.6 is 0 Å². The second-order valence-electron chi connectivity index (χ2n) is 22.4. The summed E-state index contributed by atoms with van der Waals surface area (Å²) < 4.78 is 33.0. The highest BCUT2D eigenvalue weighted by atomic mass is 16.7. The number of aliphatic hydroxyl groups excluding tert-OH is 5. The van der Waals surface area contributed by atoms with Crippen LogP contribution in [0.1, 0.15) is 131 Å². The lowest BCUT2D eigenvalue weighted by Gasteiger charge is -2.60. The van der Waals surface area contributed by atoms with Gasteiger partial charge in [-0.05, 0) is 104 Å². The minimum absolute atomic E-state index is 0.00370. The average Bonchev–Trinajstić information content (AvgIpc) is 2.74. The van der Waals surface area contributed by atoms with Crippen molar-refractivity contribution in [1.29, 1.82) is 0 Å². The van der Waals surface area contributed by atoms with Crippen molar-refractivity contribution < 1.29 is 73.5 Å². The van der Waals surface area contributed by atoms with E-state index < -0.39 is 95.4 Å². The normalized spacial score (nSPS) is 29.6. The van der Waals surface area contributed by atoms with Gasteiger partial charge in [0.15, 0.2) is 28.5 Å². The van der Waals surface area contributed by atoms with Crippen LogP contribution in [0.4, 0.5) is 0 Å². The number of hydrogen-bond donors (Lipinski definition) is 7. The van der Waals surface area contributed by atoms with Gasteiger partial charge in [-0.2, -0.15) is 0 Å². The zero-order chi connectivity index (χ0) is 57.0. The van der Waals surface area contributed by atoms with Crippen molar-refractivity contribution in [2.45, 2.75) is 142 Å². The molecule has 3 aromatic rings. The van der Waals surface area contributed by atoms with Gasteiger partial charge in [0, 0.05) is 58.6 Å². The third-order valence-corrected chi connectivity index (χ3v) is 16.6. The van der Waals surface area contributed by atoms with Gasteiger partial charge in [-0.15, -0.1) is 0 Å². The standard InChI is InChI=1S/C62H72N2O15/c1-10-34(7)62-46-43(35(8)56(71)61(62,74)27-23-33(6)57(72)63-28-29-65)44-47(38-15-11-12-16-39(38)49(44)67)64-48(46)45-54(77-58(73)36-18-20-37(21-19-36)75-59-52(70)51(69)50(68)42(30-66)76-59)41-24-26-60(9,25-13-14-31(2)3)78-53(41)40(55(45)79-62)22-17-32(4)5/h11-12,14-21,23-24,26,34-35,42-44,50-52,59,65-66,68-70,74H,10,13,22,25,27-30H2,1-9H3,(H,63,72)/b33-23-/t34?,35?,42-,43?,44?,50-,51+,52-,59-,60?,61?,62?/m1/s1. The van der Waals surface area contributed by atoms with Gasteiger partial charge in [0.25, 0.3) is 0 Å². The van der Waals surface area contributed by atoms with Crippen LogP contribution in [0, 0.1) is 23.7 Å². The number of carbonyl (C=O) groups is 4. The molecular weight excluding hydrogens is 1010 g/mol. The molecule has 12 atom stereocenters. The Morgan fingerprint density at radius 3 is 2.25 bits per heavy atom. The van der Waals surface area contributed by atoms with E-state index >= 15 is 4.79 Å². The first kappa shape index (κ1) is 57.1. The molecule has 0 bridgehead atoms. The Hall–Kier alpha value is -6.57. The summed E-state index contributed by atoms with van der Waals surface area (Å²) in [4.78, 5) is 64.6. The van der Waals surface area contributed by atoms with Gasteiger partial charge < -0.3 is 59.6 Å². The van der Waals surface area contributed by atoms with Gasteiger partial charge in [0.1, 0.15) is 47.3 Å². The molecule has 17 nitrogen and oxygen atoms in total. The molecule has 1 amide bonds. The van der Waals surface area contributed by atoms with E-state index in [1.54, 1.807) is 26.0 Å². The molecule has 0 radical (unpaired) electrons. The molecule has 6 aliphatic rings. The first-order valence-corrected chi connectivity index (χ1v) is 27.2. The maximum absolute atomic E-state index is 15.8. The summed E-state index contributed by atoms with van der Waals surface area (Å²) in [6, 6.07) is 12.9. The zero-order valence-corrected chi connectivity index (χ0v) is 46.2. The smallest absolute Gasteiger partial charge is 0.343 e. The van der Waals surface area contributed by atoms with Gasteiger partial charge in [-0.1, -0.05) is 74.4 Å². The second-order valence-corrected chi connectivity index (χ2v) is 22.4. The number of nitrogens with zero attached hydrogens (tertiary/aromatic N) is 1.